The predicted octanol–water partition coefficient (Wildman–Crippen LogP) is 0.687. The van der Waals surface area contributed by atoms with E-state index in [1.54, 1.807) is 0 Å². The molecule has 3 heteroatoms. The first-order valence-electron chi connectivity index (χ1n) is 5.73. The van der Waals surface area contributed by atoms with Crippen LogP contribution in [0.5, 0.6) is 0 Å². The highest BCUT2D eigenvalue weighted by molar-refractivity contribution is 4.80. The van der Waals surface area contributed by atoms with E-state index in [4.69, 9.17) is 0 Å². The van der Waals surface area contributed by atoms with Gasteiger partial charge in [-0.1, -0.05) is 13.8 Å². The minimum atomic E-state index is -0.164. The average Bonchev–Trinajstić information content (AvgIpc) is 2.15. The van der Waals surface area contributed by atoms with Crippen LogP contribution in [0.4, 0.5) is 0 Å². The Balaban J connectivity index is 2.25. The molecule has 2 unspecified atom stereocenters. The molecule has 1 fully saturated rings. The molecule has 0 bridgehead atoms. The molecule has 0 radical (unpaired) electrons. The first kappa shape index (κ1) is 12.0. The minimum absolute atomic E-state index is 0.164. The van der Waals surface area contributed by atoms with Gasteiger partial charge in [-0.3, -0.25) is 0 Å². The van der Waals surface area contributed by atoms with E-state index in [9.17, 15) is 5.11 Å². The van der Waals surface area contributed by atoms with E-state index in [2.05, 4.69) is 24.1 Å². The van der Waals surface area contributed by atoms with Crippen molar-refractivity contribution < 1.29 is 5.11 Å². The highest BCUT2D eigenvalue weighted by Crippen LogP contribution is 2.08. The summed E-state index contributed by atoms with van der Waals surface area (Å²) in [5.74, 6) is 0.698. The number of piperazine rings is 1. The number of aliphatic hydroxyl groups excluding tert-OH is 1. The Kier molecular flexibility index (Phi) is 4.85. The van der Waals surface area contributed by atoms with E-state index >= 15 is 0 Å². The van der Waals surface area contributed by atoms with Gasteiger partial charge in [0.05, 0.1) is 6.10 Å². The SMILES string of the molecule is CC(O)CCN1CCNC(C(C)C)C1. The van der Waals surface area contributed by atoms with Crippen LogP contribution in [0.1, 0.15) is 27.2 Å². The third-order valence-electron chi connectivity index (χ3n) is 2.96. The van der Waals surface area contributed by atoms with Crippen LogP contribution in [-0.4, -0.2) is 48.3 Å². The summed E-state index contributed by atoms with van der Waals surface area (Å²) < 4.78 is 0. The van der Waals surface area contributed by atoms with E-state index in [1.807, 2.05) is 6.92 Å². The lowest BCUT2D eigenvalue weighted by Gasteiger charge is -2.35. The molecule has 0 aromatic carbocycles. The Bertz CT molecular complexity index is 159. The second kappa shape index (κ2) is 5.69. The van der Waals surface area contributed by atoms with Crippen LogP contribution >= 0.6 is 0 Å². The molecule has 2 atom stereocenters. The quantitative estimate of drug-likeness (QED) is 0.701. The molecule has 0 aromatic rings. The van der Waals surface area contributed by atoms with Crippen molar-refractivity contribution in [3.8, 4) is 0 Å². The lowest BCUT2D eigenvalue weighted by atomic mass is 10.0. The standard InChI is InChI=1S/C11H24N2O/c1-9(2)11-8-13(7-5-12-11)6-4-10(3)14/h9-12,14H,4-8H2,1-3H3. The Labute approximate surface area is 87.5 Å². The second-order valence-electron chi connectivity index (χ2n) is 4.74. The summed E-state index contributed by atoms with van der Waals surface area (Å²) in [6, 6.07) is 0.623. The van der Waals surface area contributed by atoms with Gasteiger partial charge in [-0.2, -0.15) is 0 Å². The summed E-state index contributed by atoms with van der Waals surface area (Å²) in [6.07, 6.45) is 0.729. The highest BCUT2D eigenvalue weighted by Gasteiger charge is 2.21. The van der Waals surface area contributed by atoms with Crippen molar-refractivity contribution in [3.05, 3.63) is 0 Å². The van der Waals surface area contributed by atoms with Crippen molar-refractivity contribution >= 4 is 0 Å². The maximum absolute atomic E-state index is 9.22. The normalized spacial score (nSPS) is 26.8. The van der Waals surface area contributed by atoms with E-state index in [-0.39, 0.29) is 6.10 Å². The van der Waals surface area contributed by atoms with Gasteiger partial charge >= 0.3 is 0 Å². The summed E-state index contributed by atoms with van der Waals surface area (Å²) in [6.45, 7) is 10.7. The van der Waals surface area contributed by atoms with Crippen LogP contribution in [0, 0.1) is 5.92 Å². The molecule has 0 amide bonds. The van der Waals surface area contributed by atoms with E-state index < -0.39 is 0 Å². The molecule has 84 valence electrons. The van der Waals surface area contributed by atoms with Crippen LogP contribution < -0.4 is 5.32 Å². The number of rotatable bonds is 4. The van der Waals surface area contributed by atoms with Crippen LogP contribution in [0.3, 0.4) is 0 Å². The number of aliphatic hydroxyl groups is 1. The topological polar surface area (TPSA) is 35.5 Å². The van der Waals surface area contributed by atoms with Crippen LogP contribution in [0.2, 0.25) is 0 Å². The molecular formula is C11H24N2O. The molecule has 1 heterocycles. The number of hydrogen-bond donors (Lipinski definition) is 2. The molecule has 1 saturated heterocycles. The molecule has 14 heavy (non-hydrogen) atoms. The molecule has 1 aliphatic heterocycles. The summed E-state index contributed by atoms with van der Waals surface area (Å²) in [5.41, 5.74) is 0. The maximum atomic E-state index is 9.22. The molecule has 2 N–H and O–H groups in total. The van der Waals surface area contributed by atoms with Crippen LogP contribution in [0.15, 0.2) is 0 Å². The van der Waals surface area contributed by atoms with E-state index in [0.717, 1.165) is 32.6 Å². The van der Waals surface area contributed by atoms with Crippen LogP contribution in [0.25, 0.3) is 0 Å². The molecule has 1 rings (SSSR count). The monoisotopic (exact) mass is 200 g/mol. The predicted molar refractivity (Wildman–Crippen MR) is 59.4 cm³/mol. The van der Waals surface area contributed by atoms with Crippen molar-refractivity contribution in [1.29, 1.82) is 0 Å². The zero-order chi connectivity index (χ0) is 10.6. The highest BCUT2D eigenvalue weighted by atomic mass is 16.3. The van der Waals surface area contributed by atoms with Gasteiger partial charge in [0.1, 0.15) is 0 Å². The van der Waals surface area contributed by atoms with Crippen molar-refractivity contribution in [1.82, 2.24) is 10.2 Å². The van der Waals surface area contributed by atoms with E-state index in [1.165, 1.54) is 0 Å². The van der Waals surface area contributed by atoms with Crippen molar-refractivity contribution in [3.63, 3.8) is 0 Å². The van der Waals surface area contributed by atoms with Crippen molar-refractivity contribution in [2.75, 3.05) is 26.2 Å². The first-order chi connectivity index (χ1) is 6.59. The smallest absolute Gasteiger partial charge is 0.0524 e. The number of nitrogens with zero attached hydrogens (tertiary/aromatic N) is 1. The van der Waals surface area contributed by atoms with Crippen LogP contribution in [-0.2, 0) is 0 Å². The van der Waals surface area contributed by atoms with Gasteiger partial charge in [0.25, 0.3) is 0 Å². The molecule has 3 nitrogen and oxygen atoms in total. The fourth-order valence-electron chi connectivity index (χ4n) is 1.86. The summed E-state index contributed by atoms with van der Waals surface area (Å²) in [4.78, 5) is 2.45. The maximum Gasteiger partial charge on any atom is 0.0524 e. The second-order valence-corrected chi connectivity index (χ2v) is 4.74. The summed E-state index contributed by atoms with van der Waals surface area (Å²) in [5, 5.41) is 12.7. The van der Waals surface area contributed by atoms with Gasteiger partial charge in [-0.15, -0.1) is 0 Å². The zero-order valence-corrected chi connectivity index (χ0v) is 9.66. The third kappa shape index (κ3) is 3.95. The summed E-state index contributed by atoms with van der Waals surface area (Å²) in [7, 11) is 0. The molecule has 0 saturated carbocycles. The largest absolute Gasteiger partial charge is 0.393 e. The Morgan fingerprint density at radius 2 is 2.14 bits per heavy atom. The lowest BCUT2D eigenvalue weighted by molar-refractivity contribution is 0.130. The first-order valence-corrected chi connectivity index (χ1v) is 5.73. The third-order valence-corrected chi connectivity index (χ3v) is 2.96. The zero-order valence-electron chi connectivity index (χ0n) is 9.66. The Hall–Kier alpha value is -0.120. The molecule has 1 aliphatic rings. The van der Waals surface area contributed by atoms with Gasteiger partial charge < -0.3 is 15.3 Å². The molecule has 0 aliphatic carbocycles. The van der Waals surface area contributed by atoms with Crippen molar-refractivity contribution in [2.45, 2.75) is 39.3 Å². The molecular weight excluding hydrogens is 176 g/mol. The van der Waals surface area contributed by atoms with Gasteiger partial charge in [0.2, 0.25) is 0 Å². The Morgan fingerprint density at radius 1 is 1.43 bits per heavy atom. The van der Waals surface area contributed by atoms with Gasteiger partial charge in [-0.05, 0) is 19.3 Å². The minimum Gasteiger partial charge on any atom is -0.393 e. The fraction of sp³-hybridized carbons (Fsp3) is 1.00. The fourth-order valence-corrected chi connectivity index (χ4v) is 1.86. The van der Waals surface area contributed by atoms with Gasteiger partial charge in [0, 0.05) is 32.2 Å². The van der Waals surface area contributed by atoms with Gasteiger partial charge in [-0.25, -0.2) is 0 Å². The summed E-state index contributed by atoms with van der Waals surface area (Å²) >= 11 is 0. The number of hydrogen-bond acceptors (Lipinski definition) is 3. The Morgan fingerprint density at radius 3 is 2.71 bits per heavy atom. The van der Waals surface area contributed by atoms with Gasteiger partial charge in [0.15, 0.2) is 0 Å². The van der Waals surface area contributed by atoms with E-state index in [0.29, 0.717) is 12.0 Å². The molecule has 0 aromatic heterocycles. The average molecular weight is 200 g/mol. The van der Waals surface area contributed by atoms with Crippen molar-refractivity contribution in [2.24, 2.45) is 5.92 Å². The molecule has 0 spiro atoms. The number of nitrogens with one attached hydrogen (secondary N) is 1. The lowest BCUT2D eigenvalue weighted by Crippen LogP contribution is -2.53.